The van der Waals surface area contributed by atoms with E-state index in [1.54, 1.807) is 17.1 Å². The normalized spacial score (nSPS) is 20.1. The molecule has 1 atom stereocenters. The highest BCUT2D eigenvalue weighted by Gasteiger charge is 2.35. The minimum absolute atomic E-state index is 0.0641. The molecule has 2 aromatic heterocycles. The first-order valence-corrected chi connectivity index (χ1v) is 8.41. The molecular weight excluding hydrogens is 306 g/mol. The highest BCUT2D eigenvalue weighted by molar-refractivity contribution is 5.91. The van der Waals surface area contributed by atoms with E-state index >= 15 is 0 Å². The van der Waals surface area contributed by atoms with Crippen molar-refractivity contribution in [3.63, 3.8) is 0 Å². The quantitative estimate of drug-likeness (QED) is 0.914. The molecule has 0 bridgehead atoms. The van der Waals surface area contributed by atoms with E-state index < -0.39 is 0 Å². The molecule has 4 rings (SSSR count). The number of rotatable bonds is 5. The molecule has 2 amide bonds. The van der Waals surface area contributed by atoms with Gasteiger partial charge in [-0.2, -0.15) is 5.10 Å². The van der Waals surface area contributed by atoms with Crippen molar-refractivity contribution in [3.8, 4) is 5.82 Å². The van der Waals surface area contributed by atoms with Gasteiger partial charge in [0.15, 0.2) is 5.82 Å². The SMILES string of the molecule is O=C(Nc1cccnc1-n1cccn1)N(C[C@H]1CCOC1)C1CC1. The Bertz CT molecular complexity index is 693. The molecule has 126 valence electrons. The fourth-order valence-corrected chi connectivity index (χ4v) is 3.05. The molecule has 7 nitrogen and oxygen atoms in total. The molecule has 1 aliphatic carbocycles. The standard InChI is InChI=1S/C17H21N5O2/c23-17(21(14-4-5-14)11-13-6-10-24-12-13)20-15-3-1-7-18-16(15)22-9-2-8-19-22/h1-3,7-9,13-14H,4-6,10-12H2,(H,20,23)/t13-/m1/s1. The van der Waals surface area contributed by atoms with Crippen LogP contribution in [-0.2, 0) is 4.74 Å². The van der Waals surface area contributed by atoms with Crippen molar-refractivity contribution >= 4 is 11.7 Å². The molecule has 1 saturated carbocycles. The van der Waals surface area contributed by atoms with Crippen LogP contribution in [0.4, 0.5) is 10.5 Å². The first kappa shape index (κ1) is 15.1. The summed E-state index contributed by atoms with van der Waals surface area (Å²) in [6.07, 6.45) is 8.40. The summed E-state index contributed by atoms with van der Waals surface area (Å²) in [6.45, 7) is 2.31. The van der Waals surface area contributed by atoms with Crippen molar-refractivity contribution in [3.05, 3.63) is 36.8 Å². The topological polar surface area (TPSA) is 72.3 Å². The zero-order valence-electron chi connectivity index (χ0n) is 13.5. The van der Waals surface area contributed by atoms with Crippen molar-refractivity contribution in [2.24, 2.45) is 5.92 Å². The molecule has 0 spiro atoms. The lowest BCUT2D eigenvalue weighted by atomic mass is 10.1. The Morgan fingerprint density at radius 2 is 2.25 bits per heavy atom. The van der Waals surface area contributed by atoms with Crippen molar-refractivity contribution in [2.45, 2.75) is 25.3 Å². The number of carbonyl (C=O) groups is 1. The van der Waals surface area contributed by atoms with Gasteiger partial charge in [0, 0.05) is 43.7 Å². The fourth-order valence-electron chi connectivity index (χ4n) is 3.05. The molecular formula is C17H21N5O2. The van der Waals surface area contributed by atoms with Crippen LogP contribution in [0.15, 0.2) is 36.8 Å². The van der Waals surface area contributed by atoms with E-state index in [-0.39, 0.29) is 6.03 Å². The maximum Gasteiger partial charge on any atom is 0.322 e. The van der Waals surface area contributed by atoms with Crippen molar-refractivity contribution < 1.29 is 9.53 Å². The fraction of sp³-hybridized carbons (Fsp3) is 0.471. The zero-order chi connectivity index (χ0) is 16.4. The molecule has 1 saturated heterocycles. The Balaban J connectivity index is 1.50. The first-order valence-electron chi connectivity index (χ1n) is 8.41. The summed E-state index contributed by atoms with van der Waals surface area (Å²) in [7, 11) is 0. The van der Waals surface area contributed by atoms with Crippen LogP contribution >= 0.6 is 0 Å². The minimum Gasteiger partial charge on any atom is -0.381 e. The molecule has 2 fully saturated rings. The van der Waals surface area contributed by atoms with Crippen LogP contribution in [0.1, 0.15) is 19.3 Å². The van der Waals surface area contributed by atoms with E-state index in [0.29, 0.717) is 23.5 Å². The van der Waals surface area contributed by atoms with Gasteiger partial charge >= 0.3 is 6.03 Å². The second-order valence-corrected chi connectivity index (χ2v) is 6.37. The average Bonchev–Trinajstić information content (AvgIpc) is 3.08. The molecule has 2 aliphatic rings. The smallest absolute Gasteiger partial charge is 0.322 e. The van der Waals surface area contributed by atoms with Gasteiger partial charge in [0.2, 0.25) is 0 Å². The number of pyridine rings is 1. The number of anilines is 1. The van der Waals surface area contributed by atoms with Crippen LogP contribution in [0.25, 0.3) is 5.82 Å². The predicted octanol–water partition coefficient (Wildman–Crippen LogP) is 2.30. The zero-order valence-corrected chi connectivity index (χ0v) is 13.5. The van der Waals surface area contributed by atoms with Crippen LogP contribution in [0.2, 0.25) is 0 Å². The molecule has 0 unspecified atom stereocenters. The van der Waals surface area contributed by atoms with Gasteiger partial charge in [-0.3, -0.25) is 0 Å². The summed E-state index contributed by atoms with van der Waals surface area (Å²) >= 11 is 0. The summed E-state index contributed by atoms with van der Waals surface area (Å²) in [5.41, 5.74) is 0.666. The molecule has 7 heteroatoms. The van der Waals surface area contributed by atoms with Gasteiger partial charge in [-0.1, -0.05) is 0 Å². The Morgan fingerprint density at radius 3 is 2.96 bits per heavy atom. The summed E-state index contributed by atoms with van der Waals surface area (Å²) in [5.74, 6) is 1.06. The van der Waals surface area contributed by atoms with Gasteiger partial charge in [-0.15, -0.1) is 0 Å². The van der Waals surface area contributed by atoms with Crippen molar-refractivity contribution in [2.75, 3.05) is 25.1 Å². The predicted molar refractivity (Wildman–Crippen MR) is 89.0 cm³/mol. The number of amides is 2. The highest BCUT2D eigenvalue weighted by Crippen LogP contribution is 2.30. The van der Waals surface area contributed by atoms with E-state index in [1.165, 1.54) is 0 Å². The number of carbonyl (C=O) groups excluding carboxylic acids is 1. The molecule has 1 N–H and O–H groups in total. The summed E-state index contributed by atoms with van der Waals surface area (Å²) in [6, 6.07) is 5.79. The lowest BCUT2D eigenvalue weighted by Crippen LogP contribution is -2.40. The molecule has 0 aromatic carbocycles. The number of ether oxygens (including phenoxy) is 1. The van der Waals surface area contributed by atoms with Crippen LogP contribution in [0.3, 0.4) is 0 Å². The lowest BCUT2D eigenvalue weighted by molar-refractivity contribution is 0.167. The molecule has 24 heavy (non-hydrogen) atoms. The minimum atomic E-state index is -0.0641. The lowest BCUT2D eigenvalue weighted by Gasteiger charge is -2.25. The van der Waals surface area contributed by atoms with E-state index in [1.807, 2.05) is 29.3 Å². The van der Waals surface area contributed by atoms with E-state index in [9.17, 15) is 4.79 Å². The van der Waals surface area contributed by atoms with Crippen molar-refractivity contribution in [1.29, 1.82) is 0 Å². The molecule has 3 heterocycles. The molecule has 2 aromatic rings. The van der Waals surface area contributed by atoms with E-state index in [2.05, 4.69) is 15.4 Å². The largest absolute Gasteiger partial charge is 0.381 e. The Kier molecular flexibility index (Phi) is 4.17. The van der Waals surface area contributed by atoms with Gasteiger partial charge in [0.05, 0.1) is 12.3 Å². The molecule has 1 aliphatic heterocycles. The Labute approximate surface area is 140 Å². The van der Waals surface area contributed by atoms with Crippen LogP contribution in [0.5, 0.6) is 0 Å². The number of hydrogen-bond acceptors (Lipinski definition) is 4. The second-order valence-electron chi connectivity index (χ2n) is 6.37. The third-order valence-electron chi connectivity index (χ3n) is 4.48. The molecule has 0 radical (unpaired) electrons. The van der Waals surface area contributed by atoms with Gasteiger partial charge in [-0.05, 0) is 37.5 Å². The number of hydrogen-bond donors (Lipinski definition) is 1. The summed E-state index contributed by atoms with van der Waals surface area (Å²) in [5, 5.41) is 7.22. The number of nitrogens with zero attached hydrogens (tertiary/aromatic N) is 4. The van der Waals surface area contributed by atoms with Crippen LogP contribution < -0.4 is 5.32 Å². The van der Waals surface area contributed by atoms with E-state index in [0.717, 1.165) is 39.0 Å². The second kappa shape index (κ2) is 6.60. The maximum atomic E-state index is 12.8. The number of aromatic nitrogens is 3. The monoisotopic (exact) mass is 327 g/mol. The maximum absolute atomic E-state index is 12.8. The van der Waals surface area contributed by atoms with Gasteiger partial charge < -0.3 is 15.0 Å². The average molecular weight is 327 g/mol. The number of urea groups is 1. The van der Waals surface area contributed by atoms with Gasteiger partial charge in [0.25, 0.3) is 0 Å². The first-order chi connectivity index (χ1) is 11.8. The highest BCUT2D eigenvalue weighted by atomic mass is 16.5. The summed E-state index contributed by atoms with van der Waals surface area (Å²) in [4.78, 5) is 19.1. The van der Waals surface area contributed by atoms with Crippen LogP contribution in [-0.4, -0.2) is 51.5 Å². The van der Waals surface area contributed by atoms with Crippen LogP contribution in [0, 0.1) is 5.92 Å². The number of nitrogens with one attached hydrogen (secondary N) is 1. The van der Waals surface area contributed by atoms with Crippen molar-refractivity contribution in [1.82, 2.24) is 19.7 Å². The van der Waals surface area contributed by atoms with E-state index in [4.69, 9.17) is 4.74 Å². The van der Waals surface area contributed by atoms with Gasteiger partial charge in [-0.25, -0.2) is 14.5 Å². The Hall–Kier alpha value is -2.41. The third-order valence-corrected chi connectivity index (χ3v) is 4.48. The summed E-state index contributed by atoms with van der Waals surface area (Å²) < 4.78 is 7.10. The third kappa shape index (κ3) is 3.26. The Morgan fingerprint density at radius 1 is 1.33 bits per heavy atom. The van der Waals surface area contributed by atoms with Gasteiger partial charge in [0.1, 0.15) is 0 Å².